The molecule has 1 heterocycles. The summed E-state index contributed by atoms with van der Waals surface area (Å²) in [6, 6.07) is 0. The first-order valence-electron chi connectivity index (χ1n) is 8.89. The molecule has 0 radical (unpaired) electrons. The molecule has 1 unspecified atom stereocenters. The van der Waals surface area contributed by atoms with Crippen molar-refractivity contribution in [3.8, 4) is 0 Å². The Bertz CT molecular complexity index is 468. The lowest BCUT2D eigenvalue weighted by atomic mass is 9.69. The lowest BCUT2D eigenvalue weighted by Crippen LogP contribution is -2.40. The first-order chi connectivity index (χ1) is 9.84. The maximum Gasteiger partial charge on any atom is 0.189 e. The molecule has 1 spiro atoms. The van der Waals surface area contributed by atoms with Crippen LogP contribution in [0.25, 0.3) is 0 Å². The fourth-order valence-corrected chi connectivity index (χ4v) is 6.03. The van der Waals surface area contributed by atoms with Gasteiger partial charge < -0.3 is 9.47 Å². The van der Waals surface area contributed by atoms with E-state index in [0.29, 0.717) is 5.41 Å². The molecule has 0 bridgehead atoms. The van der Waals surface area contributed by atoms with E-state index in [-0.39, 0.29) is 11.7 Å². The quantitative estimate of drug-likeness (QED) is 0.603. The van der Waals surface area contributed by atoms with Crippen molar-refractivity contribution in [3.05, 3.63) is 12.2 Å². The van der Waals surface area contributed by atoms with Crippen LogP contribution in [0, 0.1) is 23.2 Å². The second-order valence-corrected chi connectivity index (χ2v) is 9.00. The topological polar surface area (TPSA) is 18.5 Å². The number of hydrogen-bond donors (Lipinski definition) is 0. The van der Waals surface area contributed by atoms with E-state index in [2.05, 4.69) is 39.8 Å². The van der Waals surface area contributed by atoms with E-state index in [1.54, 1.807) is 0 Å². The van der Waals surface area contributed by atoms with Crippen LogP contribution in [0.4, 0.5) is 0 Å². The zero-order chi connectivity index (χ0) is 14.9. The summed E-state index contributed by atoms with van der Waals surface area (Å²) in [4.78, 5) is 0. The van der Waals surface area contributed by atoms with Gasteiger partial charge in [-0.2, -0.15) is 0 Å². The van der Waals surface area contributed by atoms with Gasteiger partial charge in [-0.25, -0.2) is 0 Å². The van der Waals surface area contributed by atoms with Crippen molar-refractivity contribution in [2.24, 2.45) is 23.2 Å². The van der Waals surface area contributed by atoms with E-state index in [1.165, 1.54) is 19.3 Å². The van der Waals surface area contributed by atoms with Crippen molar-refractivity contribution in [1.82, 2.24) is 0 Å². The smallest absolute Gasteiger partial charge is 0.189 e. The molecule has 6 atom stereocenters. The zero-order valence-electron chi connectivity index (χ0n) is 14.0. The first kappa shape index (κ1) is 14.3. The van der Waals surface area contributed by atoms with Crippen LogP contribution in [0.5, 0.6) is 0 Å². The van der Waals surface area contributed by atoms with E-state index in [1.807, 2.05) is 0 Å². The average Bonchev–Trinajstić information content (AvgIpc) is 3.01. The number of fused-ring (bicyclic) bond motifs is 2. The van der Waals surface area contributed by atoms with E-state index in [4.69, 9.17) is 9.47 Å². The molecule has 0 amide bonds. The standard InChI is InChI=1S/C19H30O2/c1-13-7-8-15-14(13)11-16-18(4,12-17(15,2)3)21-19(20-16)9-5-6-10-19/h5,9,13-16H,6-8,10-12H2,1-4H3/t13-,14?,15-,16+,18-,19+/m1/s1. The SMILES string of the molecule is C[C@@H]1CC[C@@H]2C1C[C@@H]1O[C@@]3(C=CCC3)O[C@]1(C)CC2(C)C. The molecule has 4 aliphatic rings. The highest BCUT2D eigenvalue weighted by Gasteiger charge is 2.60. The Balaban J connectivity index is 1.68. The van der Waals surface area contributed by atoms with Gasteiger partial charge in [-0.3, -0.25) is 0 Å². The highest BCUT2D eigenvalue weighted by molar-refractivity contribution is 5.13. The third-order valence-electron chi connectivity index (χ3n) is 6.94. The fraction of sp³-hybridized carbons (Fsp3) is 0.895. The number of allylic oxidation sites excluding steroid dienone is 1. The van der Waals surface area contributed by atoms with E-state index in [0.717, 1.165) is 37.0 Å². The maximum atomic E-state index is 6.61. The second-order valence-electron chi connectivity index (χ2n) is 9.00. The molecule has 118 valence electrons. The summed E-state index contributed by atoms with van der Waals surface area (Å²) in [5.41, 5.74) is 0.248. The third kappa shape index (κ3) is 2.05. The predicted octanol–water partition coefficient (Wildman–Crippen LogP) is 4.69. The summed E-state index contributed by atoms with van der Waals surface area (Å²) in [5, 5.41) is 0. The lowest BCUT2D eigenvalue weighted by molar-refractivity contribution is -0.160. The number of hydrogen-bond acceptors (Lipinski definition) is 2. The summed E-state index contributed by atoms with van der Waals surface area (Å²) in [6.07, 6.45) is 11.9. The fourth-order valence-electron chi connectivity index (χ4n) is 6.03. The van der Waals surface area contributed by atoms with Crippen LogP contribution >= 0.6 is 0 Å². The Morgan fingerprint density at radius 3 is 2.67 bits per heavy atom. The summed E-state index contributed by atoms with van der Waals surface area (Å²) < 4.78 is 13.1. The monoisotopic (exact) mass is 290 g/mol. The summed E-state index contributed by atoms with van der Waals surface area (Å²) in [6.45, 7) is 9.70. The van der Waals surface area contributed by atoms with E-state index in [9.17, 15) is 0 Å². The summed E-state index contributed by atoms with van der Waals surface area (Å²) >= 11 is 0. The van der Waals surface area contributed by atoms with Gasteiger partial charge in [0, 0.05) is 6.42 Å². The molecule has 21 heavy (non-hydrogen) atoms. The van der Waals surface area contributed by atoms with Crippen molar-refractivity contribution in [2.45, 2.75) is 83.7 Å². The lowest BCUT2D eigenvalue weighted by Gasteiger charge is -2.38. The van der Waals surface area contributed by atoms with Crippen LogP contribution in [-0.2, 0) is 9.47 Å². The minimum Gasteiger partial charge on any atom is -0.340 e. The second kappa shape index (κ2) is 4.35. The van der Waals surface area contributed by atoms with Crippen molar-refractivity contribution in [2.75, 3.05) is 0 Å². The van der Waals surface area contributed by atoms with Gasteiger partial charge in [-0.15, -0.1) is 0 Å². The minimum atomic E-state index is -0.399. The van der Waals surface area contributed by atoms with Crippen molar-refractivity contribution in [3.63, 3.8) is 0 Å². The van der Waals surface area contributed by atoms with Crippen LogP contribution in [-0.4, -0.2) is 17.5 Å². The Labute approximate surface area is 129 Å². The Kier molecular flexibility index (Phi) is 2.96. The largest absolute Gasteiger partial charge is 0.340 e. The van der Waals surface area contributed by atoms with Crippen molar-refractivity contribution in [1.29, 1.82) is 0 Å². The van der Waals surface area contributed by atoms with E-state index < -0.39 is 5.79 Å². The molecule has 2 heteroatoms. The maximum absolute atomic E-state index is 6.61. The molecular formula is C19H30O2. The molecule has 0 aromatic heterocycles. The molecule has 1 saturated heterocycles. The summed E-state index contributed by atoms with van der Waals surface area (Å²) in [7, 11) is 0. The number of ether oxygens (including phenoxy) is 2. The zero-order valence-corrected chi connectivity index (χ0v) is 14.0. The Hall–Kier alpha value is -0.340. The van der Waals surface area contributed by atoms with Crippen LogP contribution in [0.15, 0.2) is 12.2 Å². The van der Waals surface area contributed by atoms with Gasteiger partial charge in [-0.05, 0) is 61.9 Å². The molecule has 0 aromatic carbocycles. The van der Waals surface area contributed by atoms with Crippen LogP contribution in [0.1, 0.15) is 66.2 Å². The normalized spacial score (nSPS) is 54.7. The van der Waals surface area contributed by atoms with Gasteiger partial charge in [-0.1, -0.05) is 33.3 Å². The molecule has 1 aliphatic heterocycles. The molecule has 3 fully saturated rings. The minimum absolute atomic E-state index is 0.109. The predicted molar refractivity (Wildman–Crippen MR) is 83.9 cm³/mol. The highest BCUT2D eigenvalue weighted by atomic mass is 16.8. The van der Waals surface area contributed by atoms with Gasteiger partial charge in [0.25, 0.3) is 0 Å². The van der Waals surface area contributed by atoms with Crippen LogP contribution in [0.2, 0.25) is 0 Å². The average molecular weight is 290 g/mol. The van der Waals surface area contributed by atoms with Gasteiger partial charge in [0.1, 0.15) is 0 Å². The highest BCUT2D eigenvalue weighted by Crippen LogP contribution is 2.59. The summed E-state index contributed by atoms with van der Waals surface area (Å²) in [5.74, 6) is 2.11. The van der Waals surface area contributed by atoms with Gasteiger partial charge in [0.15, 0.2) is 5.79 Å². The number of rotatable bonds is 0. The van der Waals surface area contributed by atoms with Crippen molar-refractivity contribution >= 4 is 0 Å². The Morgan fingerprint density at radius 1 is 1.14 bits per heavy atom. The van der Waals surface area contributed by atoms with Crippen molar-refractivity contribution < 1.29 is 9.47 Å². The molecule has 4 rings (SSSR count). The molecule has 0 aromatic rings. The third-order valence-corrected chi connectivity index (χ3v) is 6.94. The molecule has 2 nitrogen and oxygen atoms in total. The molecular weight excluding hydrogens is 260 g/mol. The molecule has 2 saturated carbocycles. The van der Waals surface area contributed by atoms with Gasteiger partial charge >= 0.3 is 0 Å². The molecule has 3 aliphatic carbocycles. The van der Waals surface area contributed by atoms with Gasteiger partial charge in [0.05, 0.1) is 11.7 Å². The van der Waals surface area contributed by atoms with Crippen LogP contribution in [0.3, 0.4) is 0 Å². The Morgan fingerprint density at radius 2 is 1.95 bits per heavy atom. The van der Waals surface area contributed by atoms with E-state index >= 15 is 0 Å². The van der Waals surface area contributed by atoms with Crippen LogP contribution < -0.4 is 0 Å². The van der Waals surface area contributed by atoms with Gasteiger partial charge in [0.2, 0.25) is 0 Å². The first-order valence-corrected chi connectivity index (χ1v) is 8.89. The molecule has 0 N–H and O–H groups in total.